The number of nitrogens with zero attached hydrogens (tertiary/aromatic N) is 5. The highest BCUT2D eigenvalue weighted by Gasteiger charge is 2.32. The van der Waals surface area contributed by atoms with E-state index in [0.717, 1.165) is 19.3 Å². The van der Waals surface area contributed by atoms with Gasteiger partial charge in [-0.05, 0) is 38.8 Å². The molecule has 0 aliphatic carbocycles. The summed E-state index contributed by atoms with van der Waals surface area (Å²) in [5.41, 5.74) is 1.04. The highest BCUT2D eigenvalue weighted by atomic mass is 32.2. The SMILES string of the molecule is Cc1nn(Cc2nnc(-c3ccco3)o2)c(C)c1S(=O)(=O)N1CCCCC1. The minimum Gasteiger partial charge on any atom is -0.459 e. The molecule has 4 rings (SSSR count). The van der Waals surface area contributed by atoms with Crippen LogP contribution in [0.5, 0.6) is 0 Å². The molecular formula is C17H21N5O4S. The molecule has 144 valence electrons. The number of aromatic nitrogens is 4. The zero-order valence-electron chi connectivity index (χ0n) is 15.3. The molecule has 0 saturated carbocycles. The van der Waals surface area contributed by atoms with Gasteiger partial charge in [0.05, 0.1) is 17.7 Å². The summed E-state index contributed by atoms with van der Waals surface area (Å²) in [6, 6.07) is 3.46. The smallest absolute Gasteiger partial charge is 0.283 e. The van der Waals surface area contributed by atoms with Crippen LogP contribution >= 0.6 is 0 Å². The molecule has 0 bridgehead atoms. The van der Waals surface area contributed by atoms with Crippen molar-refractivity contribution in [2.75, 3.05) is 13.1 Å². The van der Waals surface area contributed by atoms with Crippen molar-refractivity contribution in [3.05, 3.63) is 35.7 Å². The molecule has 1 fully saturated rings. The van der Waals surface area contributed by atoms with E-state index in [1.807, 2.05) is 0 Å². The van der Waals surface area contributed by atoms with Gasteiger partial charge in [-0.25, -0.2) is 8.42 Å². The third-order valence-corrected chi connectivity index (χ3v) is 6.86. The first kappa shape index (κ1) is 17.9. The summed E-state index contributed by atoms with van der Waals surface area (Å²) in [4.78, 5) is 0.273. The van der Waals surface area contributed by atoms with Crippen molar-refractivity contribution in [1.82, 2.24) is 24.3 Å². The lowest BCUT2D eigenvalue weighted by atomic mass is 10.2. The fourth-order valence-corrected chi connectivity index (χ4v) is 5.28. The molecule has 3 aromatic heterocycles. The summed E-state index contributed by atoms with van der Waals surface area (Å²) < 4.78 is 40.1. The number of aryl methyl sites for hydroxylation is 1. The second-order valence-electron chi connectivity index (χ2n) is 6.60. The number of rotatable bonds is 5. The fraction of sp³-hybridized carbons (Fsp3) is 0.471. The van der Waals surface area contributed by atoms with E-state index in [0.29, 0.717) is 36.1 Å². The van der Waals surface area contributed by atoms with E-state index in [1.54, 1.807) is 35.0 Å². The van der Waals surface area contributed by atoms with Gasteiger partial charge >= 0.3 is 0 Å². The lowest BCUT2D eigenvalue weighted by Crippen LogP contribution is -2.36. The third kappa shape index (κ3) is 3.30. The number of hydrogen-bond donors (Lipinski definition) is 0. The molecule has 4 heterocycles. The minimum absolute atomic E-state index is 0.190. The molecule has 9 nitrogen and oxygen atoms in total. The Morgan fingerprint density at radius 1 is 1.15 bits per heavy atom. The monoisotopic (exact) mass is 391 g/mol. The predicted molar refractivity (Wildman–Crippen MR) is 95.4 cm³/mol. The molecule has 27 heavy (non-hydrogen) atoms. The quantitative estimate of drug-likeness (QED) is 0.657. The average molecular weight is 391 g/mol. The maximum Gasteiger partial charge on any atom is 0.283 e. The van der Waals surface area contributed by atoms with Crippen molar-refractivity contribution in [2.45, 2.75) is 44.6 Å². The molecule has 0 radical (unpaired) electrons. The molecule has 0 spiro atoms. The molecule has 10 heteroatoms. The van der Waals surface area contributed by atoms with Crippen LogP contribution in [0.1, 0.15) is 36.5 Å². The van der Waals surface area contributed by atoms with Gasteiger partial charge < -0.3 is 8.83 Å². The maximum atomic E-state index is 13.1. The normalized spacial score (nSPS) is 16.1. The van der Waals surface area contributed by atoms with Crippen LogP contribution in [0, 0.1) is 13.8 Å². The Balaban J connectivity index is 1.61. The highest BCUT2D eigenvalue weighted by molar-refractivity contribution is 7.89. The summed E-state index contributed by atoms with van der Waals surface area (Å²) in [6.07, 6.45) is 4.38. The molecule has 0 aromatic carbocycles. The molecular weight excluding hydrogens is 370 g/mol. The molecule has 0 N–H and O–H groups in total. The van der Waals surface area contributed by atoms with Crippen LogP contribution in [0.25, 0.3) is 11.7 Å². The number of furan rings is 1. The van der Waals surface area contributed by atoms with Crippen LogP contribution in [0.3, 0.4) is 0 Å². The van der Waals surface area contributed by atoms with Crippen LogP contribution < -0.4 is 0 Å². The van der Waals surface area contributed by atoms with Crippen molar-refractivity contribution < 1.29 is 17.3 Å². The average Bonchev–Trinajstić information content (AvgIpc) is 3.37. The van der Waals surface area contributed by atoms with Crippen LogP contribution in [-0.4, -0.2) is 45.8 Å². The standard InChI is InChI=1S/C17H21N5O4S/c1-12-16(27(23,24)21-8-4-3-5-9-21)13(2)22(20-12)11-15-18-19-17(26-15)14-7-6-10-25-14/h6-7,10H,3-5,8-9,11H2,1-2H3. The van der Waals surface area contributed by atoms with Gasteiger partial charge in [-0.2, -0.15) is 9.40 Å². The van der Waals surface area contributed by atoms with Gasteiger partial charge in [0.15, 0.2) is 5.76 Å². The summed E-state index contributed by atoms with van der Waals surface area (Å²) >= 11 is 0. The molecule has 3 aromatic rings. The summed E-state index contributed by atoms with van der Waals surface area (Å²) in [6.45, 7) is 4.77. The van der Waals surface area contributed by atoms with Gasteiger partial charge in [0, 0.05) is 13.1 Å². The van der Waals surface area contributed by atoms with Crippen LogP contribution in [0.15, 0.2) is 32.1 Å². The number of sulfonamides is 1. The van der Waals surface area contributed by atoms with E-state index in [9.17, 15) is 8.42 Å². The van der Waals surface area contributed by atoms with Crippen molar-refractivity contribution in [2.24, 2.45) is 0 Å². The summed E-state index contributed by atoms with van der Waals surface area (Å²) in [5.74, 6) is 1.09. The Hall–Kier alpha value is -2.46. The van der Waals surface area contributed by atoms with E-state index in [4.69, 9.17) is 8.83 Å². The number of hydrogen-bond acceptors (Lipinski definition) is 7. The van der Waals surface area contributed by atoms with Crippen molar-refractivity contribution in [3.63, 3.8) is 0 Å². The predicted octanol–water partition coefficient (Wildman–Crippen LogP) is 2.37. The minimum atomic E-state index is -3.56. The van der Waals surface area contributed by atoms with Crippen LogP contribution in [0.4, 0.5) is 0 Å². The first-order valence-electron chi connectivity index (χ1n) is 8.87. The molecule has 0 unspecified atom stereocenters. The van der Waals surface area contributed by atoms with Crippen molar-refractivity contribution in [1.29, 1.82) is 0 Å². The topological polar surface area (TPSA) is 107 Å². The molecule has 1 aliphatic rings. The van der Waals surface area contributed by atoms with Crippen molar-refractivity contribution >= 4 is 10.0 Å². The Morgan fingerprint density at radius 2 is 1.93 bits per heavy atom. The molecule has 1 aliphatic heterocycles. The van der Waals surface area contributed by atoms with E-state index >= 15 is 0 Å². The molecule has 0 atom stereocenters. The van der Waals surface area contributed by atoms with Gasteiger partial charge in [0.2, 0.25) is 15.9 Å². The van der Waals surface area contributed by atoms with Crippen LogP contribution in [0.2, 0.25) is 0 Å². The zero-order chi connectivity index (χ0) is 19.0. The van der Waals surface area contributed by atoms with Crippen LogP contribution in [-0.2, 0) is 16.6 Å². The van der Waals surface area contributed by atoms with Crippen molar-refractivity contribution in [3.8, 4) is 11.7 Å². The first-order valence-corrected chi connectivity index (χ1v) is 10.3. The zero-order valence-corrected chi connectivity index (χ0v) is 16.1. The Labute approximate surface area is 157 Å². The van der Waals surface area contributed by atoms with E-state index in [1.165, 1.54) is 6.26 Å². The third-order valence-electron chi connectivity index (χ3n) is 4.71. The maximum absolute atomic E-state index is 13.1. The molecule has 1 saturated heterocycles. The lowest BCUT2D eigenvalue weighted by molar-refractivity contribution is 0.346. The second-order valence-corrected chi connectivity index (χ2v) is 8.48. The summed E-state index contributed by atoms with van der Waals surface area (Å²) in [5, 5.41) is 12.4. The van der Waals surface area contributed by atoms with Gasteiger partial charge in [0.25, 0.3) is 5.89 Å². The second kappa shape index (κ2) is 6.93. The first-order chi connectivity index (χ1) is 13.0. The Kier molecular flexibility index (Phi) is 4.60. The summed E-state index contributed by atoms with van der Waals surface area (Å²) in [7, 11) is -3.56. The van der Waals surface area contributed by atoms with Gasteiger partial charge in [-0.1, -0.05) is 6.42 Å². The van der Waals surface area contributed by atoms with E-state index < -0.39 is 10.0 Å². The highest BCUT2D eigenvalue weighted by Crippen LogP contribution is 2.26. The van der Waals surface area contributed by atoms with Gasteiger partial charge in [-0.15, -0.1) is 10.2 Å². The Morgan fingerprint density at radius 3 is 2.63 bits per heavy atom. The largest absolute Gasteiger partial charge is 0.459 e. The molecule has 0 amide bonds. The van der Waals surface area contributed by atoms with Gasteiger partial charge in [-0.3, -0.25) is 4.68 Å². The van der Waals surface area contributed by atoms with E-state index in [2.05, 4.69) is 15.3 Å². The Bertz CT molecular complexity index is 1030. The fourth-order valence-electron chi connectivity index (χ4n) is 3.39. The number of piperidine rings is 1. The lowest BCUT2D eigenvalue weighted by Gasteiger charge is -2.25. The van der Waals surface area contributed by atoms with Gasteiger partial charge in [0.1, 0.15) is 11.4 Å². The van der Waals surface area contributed by atoms with E-state index in [-0.39, 0.29) is 17.3 Å².